The number of hydrogen-bond acceptors (Lipinski definition) is 2. The van der Waals surface area contributed by atoms with Gasteiger partial charge in [-0.1, -0.05) is 42.8 Å². The van der Waals surface area contributed by atoms with E-state index in [2.05, 4.69) is 44.3 Å². The first kappa shape index (κ1) is 16.1. The second-order valence-corrected chi connectivity index (χ2v) is 5.49. The number of para-hydroxylation sites is 1. The molecular weight excluding hydrogens is 274 g/mol. The first-order chi connectivity index (χ1) is 10.6. The Kier molecular flexibility index (Phi) is 5.21. The molecule has 0 spiro atoms. The molecule has 0 aliphatic rings. The first-order valence-corrected chi connectivity index (χ1v) is 7.57. The van der Waals surface area contributed by atoms with Crippen LogP contribution in [0.4, 0.5) is 0 Å². The normalized spacial score (nSPS) is 11.8. The predicted molar refractivity (Wildman–Crippen MR) is 89.4 cm³/mol. The Morgan fingerprint density at radius 1 is 1.18 bits per heavy atom. The zero-order valence-corrected chi connectivity index (χ0v) is 13.6. The number of rotatable bonds is 5. The SMILES string of the molecule is CC[C@H](NC(=O)c1ccccc1OC)c1ccc(C)cc1C. The van der Waals surface area contributed by atoms with Crippen LogP contribution < -0.4 is 10.1 Å². The average molecular weight is 297 g/mol. The number of carbonyl (C=O) groups is 1. The summed E-state index contributed by atoms with van der Waals surface area (Å²) in [6.45, 7) is 6.23. The van der Waals surface area contributed by atoms with Gasteiger partial charge >= 0.3 is 0 Å². The fraction of sp³-hybridized carbons (Fsp3) is 0.316. The number of aryl methyl sites for hydroxylation is 2. The van der Waals surface area contributed by atoms with Gasteiger partial charge in [-0.05, 0) is 43.5 Å². The fourth-order valence-corrected chi connectivity index (χ4v) is 2.68. The number of ether oxygens (including phenoxy) is 1. The van der Waals surface area contributed by atoms with Crippen molar-refractivity contribution < 1.29 is 9.53 Å². The summed E-state index contributed by atoms with van der Waals surface area (Å²) in [5, 5.41) is 3.12. The third-order valence-corrected chi connectivity index (χ3v) is 3.87. The van der Waals surface area contributed by atoms with Crippen LogP contribution in [0.5, 0.6) is 5.75 Å². The molecule has 0 saturated carbocycles. The van der Waals surface area contributed by atoms with Crippen molar-refractivity contribution in [2.24, 2.45) is 0 Å². The van der Waals surface area contributed by atoms with Crippen LogP contribution in [0.25, 0.3) is 0 Å². The maximum Gasteiger partial charge on any atom is 0.255 e. The van der Waals surface area contributed by atoms with Gasteiger partial charge in [0.15, 0.2) is 0 Å². The molecule has 0 heterocycles. The molecule has 2 aromatic carbocycles. The maximum absolute atomic E-state index is 12.6. The van der Waals surface area contributed by atoms with Crippen LogP contribution in [0.1, 0.15) is 46.4 Å². The standard InChI is InChI=1S/C19H23NO2/c1-5-17(15-11-10-13(2)12-14(15)3)20-19(21)16-8-6-7-9-18(16)22-4/h6-12,17H,5H2,1-4H3,(H,20,21)/t17-/m0/s1. The van der Waals surface area contributed by atoms with E-state index in [1.54, 1.807) is 19.2 Å². The van der Waals surface area contributed by atoms with E-state index in [1.807, 2.05) is 12.1 Å². The molecule has 1 N–H and O–H groups in total. The van der Waals surface area contributed by atoms with Gasteiger partial charge in [0, 0.05) is 0 Å². The highest BCUT2D eigenvalue weighted by Gasteiger charge is 2.18. The van der Waals surface area contributed by atoms with Crippen LogP contribution in [0.2, 0.25) is 0 Å². The Balaban J connectivity index is 2.24. The Hall–Kier alpha value is -2.29. The minimum Gasteiger partial charge on any atom is -0.496 e. The average Bonchev–Trinajstić information content (AvgIpc) is 2.53. The van der Waals surface area contributed by atoms with Gasteiger partial charge in [0.1, 0.15) is 5.75 Å². The highest BCUT2D eigenvalue weighted by atomic mass is 16.5. The molecule has 0 fully saturated rings. The Labute approximate surface area is 132 Å². The number of benzene rings is 2. The molecule has 2 rings (SSSR count). The lowest BCUT2D eigenvalue weighted by Gasteiger charge is -2.20. The molecule has 0 aromatic heterocycles. The molecule has 2 aromatic rings. The van der Waals surface area contributed by atoms with Gasteiger partial charge in [0.05, 0.1) is 18.7 Å². The van der Waals surface area contributed by atoms with Gasteiger partial charge in [-0.15, -0.1) is 0 Å². The van der Waals surface area contributed by atoms with Crippen molar-refractivity contribution in [3.8, 4) is 5.75 Å². The highest BCUT2D eigenvalue weighted by Crippen LogP contribution is 2.24. The Morgan fingerprint density at radius 3 is 2.55 bits per heavy atom. The molecule has 3 nitrogen and oxygen atoms in total. The van der Waals surface area contributed by atoms with Crippen LogP contribution in [0.3, 0.4) is 0 Å². The summed E-state index contributed by atoms with van der Waals surface area (Å²) >= 11 is 0. The molecule has 0 bridgehead atoms. The molecule has 0 aliphatic heterocycles. The summed E-state index contributed by atoms with van der Waals surface area (Å²) in [7, 11) is 1.58. The maximum atomic E-state index is 12.6. The number of amides is 1. The van der Waals surface area contributed by atoms with Crippen molar-refractivity contribution in [3.63, 3.8) is 0 Å². The molecule has 0 radical (unpaired) electrons. The summed E-state index contributed by atoms with van der Waals surface area (Å²) < 4.78 is 5.27. The third-order valence-electron chi connectivity index (χ3n) is 3.87. The molecule has 1 atom stereocenters. The van der Waals surface area contributed by atoms with Crippen molar-refractivity contribution in [1.82, 2.24) is 5.32 Å². The van der Waals surface area contributed by atoms with Crippen molar-refractivity contribution >= 4 is 5.91 Å². The predicted octanol–water partition coefficient (Wildman–Crippen LogP) is 4.19. The molecule has 22 heavy (non-hydrogen) atoms. The summed E-state index contributed by atoms with van der Waals surface area (Å²) in [6.07, 6.45) is 0.838. The molecule has 0 aliphatic carbocycles. The minimum atomic E-state index is -0.107. The minimum absolute atomic E-state index is 0.00184. The monoisotopic (exact) mass is 297 g/mol. The van der Waals surface area contributed by atoms with Crippen molar-refractivity contribution in [3.05, 3.63) is 64.7 Å². The zero-order chi connectivity index (χ0) is 16.1. The molecule has 116 valence electrons. The van der Waals surface area contributed by atoms with Gasteiger partial charge in [-0.25, -0.2) is 0 Å². The smallest absolute Gasteiger partial charge is 0.255 e. The largest absolute Gasteiger partial charge is 0.496 e. The van der Waals surface area contributed by atoms with Gasteiger partial charge in [0.2, 0.25) is 0 Å². The van der Waals surface area contributed by atoms with Crippen LogP contribution in [-0.2, 0) is 0 Å². The van der Waals surface area contributed by atoms with Gasteiger partial charge in [-0.3, -0.25) is 4.79 Å². The molecule has 3 heteroatoms. The van der Waals surface area contributed by atoms with E-state index in [0.717, 1.165) is 12.0 Å². The first-order valence-electron chi connectivity index (χ1n) is 7.57. The van der Waals surface area contributed by atoms with Crippen LogP contribution >= 0.6 is 0 Å². The van der Waals surface area contributed by atoms with E-state index in [-0.39, 0.29) is 11.9 Å². The van der Waals surface area contributed by atoms with Crippen LogP contribution in [-0.4, -0.2) is 13.0 Å². The second kappa shape index (κ2) is 7.12. The molecule has 1 amide bonds. The number of nitrogens with one attached hydrogen (secondary N) is 1. The van der Waals surface area contributed by atoms with Crippen LogP contribution in [0, 0.1) is 13.8 Å². The zero-order valence-electron chi connectivity index (χ0n) is 13.6. The number of methoxy groups -OCH3 is 1. The highest BCUT2D eigenvalue weighted by molar-refractivity contribution is 5.97. The lowest BCUT2D eigenvalue weighted by atomic mass is 9.97. The van der Waals surface area contributed by atoms with E-state index in [4.69, 9.17) is 4.74 Å². The lowest BCUT2D eigenvalue weighted by Crippen LogP contribution is -2.29. The quantitative estimate of drug-likeness (QED) is 0.898. The summed E-state index contributed by atoms with van der Waals surface area (Å²) in [5.41, 5.74) is 4.16. The number of carbonyl (C=O) groups excluding carboxylic acids is 1. The fourth-order valence-electron chi connectivity index (χ4n) is 2.68. The third kappa shape index (κ3) is 3.48. The Bertz CT molecular complexity index is 664. The summed E-state index contributed by atoms with van der Waals surface area (Å²) in [5.74, 6) is 0.486. The van der Waals surface area contributed by atoms with Gasteiger partial charge in [0.25, 0.3) is 5.91 Å². The summed E-state index contributed by atoms with van der Waals surface area (Å²) in [4.78, 5) is 12.6. The van der Waals surface area contributed by atoms with Crippen molar-refractivity contribution in [2.45, 2.75) is 33.2 Å². The number of hydrogen-bond donors (Lipinski definition) is 1. The topological polar surface area (TPSA) is 38.3 Å². The second-order valence-electron chi connectivity index (χ2n) is 5.49. The summed E-state index contributed by atoms with van der Waals surface area (Å²) in [6, 6.07) is 13.6. The molecule has 0 saturated heterocycles. The van der Waals surface area contributed by atoms with Crippen LogP contribution in [0.15, 0.2) is 42.5 Å². The van der Waals surface area contributed by atoms with Crippen molar-refractivity contribution in [2.75, 3.05) is 7.11 Å². The lowest BCUT2D eigenvalue weighted by molar-refractivity contribution is 0.0932. The van der Waals surface area contributed by atoms with Gasteiger partial charge in [-0.2, -0.15) is 0 Å². The van der Waals surface area contributed by atoms with Crippen molar-refractivity contribution in [1.29, 1.82) is 0 Å². The van der Waals surface area contributed by atoms with E-state index in [9.17, 15) is 4.79 Å². The molecule has 0 unspecified atom stereocenters. The van der Waals surface area contributed by atoms with Gasteiger partial charge < -0.3 is 10.1 Å². The van der Waals surface area contributed by atoms with E-state index in [1.165, 1.54) is 11.1 Å². The van der Waals surface area contributed by atoms with E-state index >= 15 is 0 Å². The van der Waals surface area contributed by atoms with E-state index in [0.29, 0.717) is 11.3 Å². The molecular formula is C19H23NO2. The van der Waals surface area contributed by atoms with E-state index < -0.39 is 0 Å². The Morgan fingerprint density at radius 2 is 1.91 bits per heavy atom.